The molecule has 4 amide bonds. The van der Waals surface area contributed by atoms with Crippen LogP contribution in [0.15, 0.2) is 97.1 Å². The lowest BCUT2D eigenvalue weighted by molar-refractivity contribution is -0.148. The van der Waals surface area contributed by atoms with Crippen molar-refractivity contribution in [3.63, 3.8) is 0 Å². The minimum Gasteiger partial charge on any atom is -0.481 e. The van der Waals surface area contributed by atoms with E-state index in [1.165, 1.54) is 11.1 Å². The first-order valence-corrected chi connectivity index (χ1v) is 27.7. The highest BCUT2D eigenvalue weighted by Crippen LogP contribution is 2.45. The Morgan fingerprint density at radius 1 is 0.487 bits per heavy atom. The van der Waals surface area contributed by atoms with Gasteiger partial charge in [0.25, 0.3) is 0 Å². The van der Waals surface area contributed by atoms with Crippen molar-refractivity contribution in [2.24, 2.45) is 5.92 Å². The van der Waals surface area contributed by atoms with E-state index in [0.29, 0.717) is 77.4 Å². The molecule has 76 heavy (non-hydrogen) atoms. The fraction of sp³-hybridized carbons (Fsp3) is 0.492. The predicted molar refractivity (Wildman–Crippen MR) is 292 cm³/mol. The number of ketones is 1. The topological polar surface area (TPSA) is 216 Å². The second-order valence-electron chi connectivity index (χ2n) is 20.0. The van der Waals surface area contributed by atoms with E-state index in [1.807, 2.05) is 55.5 Å². The number of hydrogen-bond acceptors (Lipinski definition) is 10. The molecule has 2 aliphatic rings. The van der Waals surface area contributed by atoms with Gasteiger partial charge < -0.3 is 40.6 Å². The molecular weight excluding hydrogens is 965 g/mol. The van der Waals surface area contributed by atoms with E-state index in [4.69, 9.17) is 19.3 Å². The Labute approximate surface area is 448 Å². The van der Waals surface area contributed by atoms with Crippen molar-refractivity contribution >= 4 is 41.7 Å². The van der Waals surface area contributed by atoms with E-state index in [2.05, 4.69) is 69.8 Å². The van der Waals surface area contributed by atoms with Gasteiger partial charge in [0.15, 0.2) is 0 Å². The maximum atomic E-state index is 13.5. The van der Waals surface area contributed by atoms with Gasteiger partial charge in [-0.15, -0.1) is 0 Å². The Kier molecular flexibility index (Phi) is 24.3. The summed E-state index contributed by atoms with van der Waals surface area (Å²) in [6.07, 6.45) is 9.53. The van der Waals surface area contributed by atoms with Gasteiger partial charge in [-0.05, 0) is 102 Å². The summed E-state index contributed by atoms with van der Waals surface area (Å²) < 4.78 is 16.6. The van der Waals surface area contributed by atoms with E-state index in [1.54, 1.807) is 0 Å². The molecule has 0 aliphatic heterocycles. The average Bonchev–Trinajstić information content (AvgIpc) is 3.95. The number of Topliss-reactive ketones (excluding diaryl/α,β-unsaturated/α-hetero) is 1. The number of fused-ring (bicyclic) bond motifs is 6. The molecule has 0 saturated heterocycles. The van der Waals surface area contributed by atoms with E-state index >= 15 is 0 Å². The molecule has 0 radical (unpaired) electrons. The van der Waals surface area contributed by atoms with Gasteiger partial charge in [0.05, 0.1) is 19.4 Å². The number of carbonyl (C=O) groups is 7. The first-order chi connectivity index (χ1) is 37.0. The van der Waals surface area contributed by atoms with Crippen LogP contribution in [0.25, 0.3) is 22.3 Å². The molecule has 0 saturated carbocycles. The van der Waals surface area contributed by atoms with E-state index < -0.39 is 30.2 Å². The third-order valence-corrected chi connectivity index (χ3v) is 14.5. The van der Waals surface area contributed by atoms with Gasteiger partial charge in [0, 0.05) is 50.7 Å². The lowest BCUT2D eigenvalue weighted by atomic mass is 9.98. The monoisotopic (exact) mass is 1040 g/mol. The molecular formula is C61H78N4O11. The van der Waals surface area contributed by atoms with Crippen molar-refractivity contribution in [3.05, 3.63) is 119 Å². The van der Waals surface area contributed by atoms with Crippen LogP contribution in [-0.2, 0) is 38.2 Å². The summed E-state index contributed by atoms with van der Waals surface area (Å²) in [6.45, 7) is 4.02. The maximum absolute atomic E-state index is 13.5. The van der Waals surface area contributed by atoms with Crippen LogP contribution < -0.4 is 21.3 Å². The zero-order valence-electron chi connectivity index (χ0n) is 44.3. The first kappa shape index (κ1) is 58.2. The lowest BCUT2D eigenvalue weighted by Crippen LogP contribution is -2.47. The number of unbranched alkanes of at least 4 members (excludes halogenated alkanes) is 7. The van der Waals surface area contributed by atoms with E-state index in [9.17, 15) is 33.6 Å². The number of carboxylic acids is 1. The van der Waals surface area contributed by atoms with Crippen LogP contribution in [0.1, 0.15) is 163 Å². The number of aliphatic carboxylic acids is 1. The number of rotatable bonds is 35. The normalized spacial score (nSPS) is 13.0. The highest BCUT2D eigenvalue weighted by atomic mass is 16.6. The fourth-order valence-electron chi connectivity index (χ4n) is 10.2. The van der Waals surface area contributed by atoms with Crippen LogP contribution in [0.2, 0.25) is 0 Å². The van der Waals surface area contributed by atoms with Gasteiger partial charge in [-0.3, -0.25) is 24.0 Å². The fourth-order valence-corrected chi connectivity index (χ4v) is 10.2. The van der Waals surface area contributed by atoms with Crippen LogP contribution in [0, 0.1) is 5.92 Å². The zero-order chi connectivity index (χ0) is 53.9. The number of amides is 4. The number of carboxylic acid groups (broad SMARTS) is 1. The number of hydrogen-bond donors (Lipinski definition) is 5. The molecule has 6 rings (SSSR count). The smallest absolute Gasteiger partial charge is 0.407 e. The average molecular weight is 1040 g/mol. The summed E-state index contributed by atoms with van der Waals surface area (Å²) in [7, 11) is 0. The van der Waals surface area contributed by atoms with Crippen molar-refractivity contribution in [3.8, 4) is 22.3 Å². The van der Waals surface area contributed by atoms with Crippen molar-refractivity contribution in [1.29, 1.82) is 0 Å². The Morgan fingerprint density at radius 3 is 1.41 bits per heavy atom. The van der Waals surface area contributed by atoms with Gasteiger partial charge in [0.2, 0.25) is 11.8 Å². The summed E-state index contributed by atoms with van der Waals surface area (Å²) in [5.41, 5.74) is 9.31. The van der Waals surface area contributed by atoms with E-state index in [0.717, 1.165) is 78.3 Å². The second kappa shape index (κ2) is 31.8. The molecule has 0 bridgehead atoms. The quantitative estimate of drug-likeness (QED) is 0.0166. The molecule has 4 aromatic rings. The van der Waals surface area contributed by atoms with Gasteiger partial charge in [-0.1, -0.05) is 143 Å². The van der Waals surface area contributed by atoms with Crippen molar-refractivity contribution in [2.75, 3.05) is 39.5 Å². The SMILES string of the molecule is CCC(CCCCNC(=O)[C@H](CCCCCC(=O)CCCCCNC(=O)OCC1c2ccccc2-c2ccccc21)NC(=O)CCCCCNC(=O)OCC1c2ccccc2-c2ccccc21)COC(=O)CCC(=O)O. The third-order valence-electron chi connectivity index (χ3n) is 14.5. The minimum absolute atomic E-state index is 0.00126. The van der Waals surface area contributed by atoms with Crippen LogP contribution in [-0.4, -0.2) is 92.3 Å². The van der Waals surface area contributed by atoms with Crippen LogP contribution in [0.3, 0.4) is 0 Å². The summed E-state index contributed by atoms with van der Waals surface area (Å²) in [5.74, 6) is -1.77. The largest absolute Gasteiger partial charge is 0.481 e. The van der Waals surface area contributed by atoms with Gasteiger partial charge in [0.1, 0.15) is 25.0 Å². The van der Waals surface area contributed by atoms with Crippen LogP contribution in [0.5, 0.6) is 0 Å². The number of alkyl carbamates (subject to hydrolysis) is 2. The Bertz CT molecular complexity index is 2460. The molecule has 2 atom stereocenters. The van der Waals surface area contributed by atoms with Crippen molar-refractivity contribution < 1.29 is 52.9 Å². The molecule has 15 nitrogen and oxygen atoms in total. The summed E-state index contributed by atoms with van der Waals surface area (Å²) in [6, 6.07) is 32.1. The molecule has 0 spiro atoms. The predicted octanol–water partition coefficient (Wildman–Crippen LogP) is 10.9. The van der Waals surface area contributed by atoms with E-state index in [-0.39, 0.29) is 74.4 Å². The number of nitrogens with one attached hydrogen (secondary N) is 4. The Hall–Kier alpha value is -7.03. The molecule has 0 aromatic heterocycles. The number of carbonyl (C=O) groups excluding carboxylic acids is 6. The minimum atomic E-state index is -1.05. The summed E-state index contributed by atoms with van der Waals surface area (Å²) >= 11 is 0. The zero-order valence-corrected chi connectivity index (χ0v) is 44.3. The molecule has 4 aromatic carbocycles. The van der Waals surface area contributed by atoms with Gasteiger partial charge >= 0.3 is 24.1 Å². The number of benzene rings is 4. The Balaban J connectivity index is 0.837. The van der Waals surface area contributed by atoms with Gasteiger partial charge in [-0.25, -0.2) is 9.59 Å². The molecule has 0 fully saturated rings. The number of esters is 1. The summed E-state index contributed by atoms with van der Waals surface area (Å²) in [4.78, 5) is 87.2. The highest BCUT2D eigenvalue weighted by molar-refractivity contribution is 5.87. The van der Waals surface area contributed by atoms with Crippen molar-refractivity contribution in [1.82, 2.24) is 21.3 Å². The second-order valence-corrected chi connectivity index (χ2v) is 20.0. The molecule has 2 aliphatic carbocycles. The lowest BCUT2D eigenvalue weighted by Gasteiger charge is -2.19. The van der Waals surface area contributed by atoms with Crippen LogP contribution in [0.4, 0.5) is 9.59 Å². The number of ether oxygens (including phenoxy) is 3. The standard InChI is InChI=1S/C61H78N4O11/c1-2-43(40-74-58(70)36-35-57(68)69)22-18-21-37-62-59(71)55(65-56(67)34-9-5-20-39-64-61(73)76-42-54-51-31-16-12-27-47(51)48-28-13-17-32-52(48)54)33-8-3-6-23-44(66)24-7-4-19-38-63-60(72)75-41-53-49-29-14-10-25-45(49)46-26-11-15-30-50(46)53/h10-17,25-32,43,53-55H,2-9,18-24,33-42H2,1H3,(H,62,71)(H,63,72)(H,64,73)(H,65,67)(H,68,69)/t43?,55-/m0/s1. The molecule has 15 heteroatoms. The molecule has 408 valence electrons. The molecule has 1 unspecified atom stereocenters. The van der Waals surface area contributed by atoms with Crippen LogP contribution >= 0.6 is 0 Å². The summed E-state index contributed by atoms with van der Waals surface area (Å²) in [5, 5.41) is 20.4. The maximum Gasteiger partial charge on any atom is 0.407 e. The van der Waals surface area contributed by atoms with Gasteiger partial charge in [-0.2, -0.15) is 0 Å². The Morgan fingerprint density at radius 2 is 0.921 bits per heavy atom. The third kappa shape index (κ3) is 18.7. The first-order valence-electron chi connectivity index (χ1n) is 27.7. The van der Waals surface area contributed by atoms with Crippen molar-refractivity contribution in [2.45, 2.75) is 147 Å². The molecule has 5 N–H and O–H groups in total. The highest BCUT2D eigenvalue weighted by Gasteiger charge is 2.30. The molecule has 0 heterocycles.